The van der Waals surface area contributed by atoms with Crippen LogP contribution in [0.15, 0.2) is 95.3 Å². The number of aromatic nitrogens is 1. The number of nitro benzene ring substituents is 1. The summed E-state index contributed by atoms with van der Waals surface area (Å²) in [7, 11) is 0. The van der Waals surface area contributed by atoms with Gasteiger partial charge in [-0.2, -0.15) is 0 Å². The molecule has 0 radical (unpaired) electrons. The van der Waals surface area contributed by atoms with Crippen molar-refractivity contribution < 1.29 is 4.92 Å². The van der Waals surface area contributed by atoms with Crippen LogP contribution in [0.25, 0.3) is 11.3 Å². The molecule has 0 fully saturated rings. The molecular formula is C22H17N3O2S. The van der Waals surface area contributed by atoms with Gasteiger partial charge in [0.25, 0.3) is 5.69 Å². The van der Waals surface area contributed by atoms with Crippen LogP contribution in [0, 0.1) is 10.1 Å². The van der Waals surface area contributed by atoms with Crippen LogP contribution in [0.5, 0.6) is 0 Å². The van der Waals surface area contributed by atoms with E-state index in [-0.39, 0.29) is 10.6 Å². The molecule has 3 aromatic carbocycles. The van der Waals surface area contributed by atoms with Gasteiger partial charge in [0, 0.05) is 23.1 Å². The Hall–Kier alpha value is -3.51. The quantitative estimate of drug-likeness (QED) is 0.340. The summed E-state index contributed by atoms with van der Waals surface area (Å²) in [5, 5.41) is 13.2. The zero-order valence-electron chi connectivity index (χ0n) is 14.9. The molecule has 0 amide bonds. The summed E-state index contributed by atoms with van der Waals surface area (Å²) in [5.41, 5.74) is 3.80. The molecule has 6 heteroatoms. The van der Waals surface area contributed by atoms with E-state index in [1.807, 2.05) is 60.0 Å². The maximum Gasteiger partial charge on any atom is 0.270 e. The van der Waals surface area contributed by atoms with E-state index in [1.54, 1.807) is 12.1 Å². The highest BCUT2D eigenvalue weighted by Gasteiger charge is 2.12. The third kappa shape index (κ3) is 3.92. The average Bonchev–Trinajstić information content (AvgIpc) is 3.12. The van der Waals surface area contributed by atoms with E-state index in [4.69, 9.17) is 4.99 Å². The topological polar surface area (TPSA) is 60.4 Å². The maximum absolute atomic E-state index is 11.2. The standard InChI is InChI=1S/C22H17N3O2S/c26-25(27)20-13-7-10-18(14-20)21-16-28-22(23-19-11-5-2-6-12-19)24(21)15-17-8-3-1-4-9-17/h1-14,16H,15H2. The van der Waals surface area contributed by atoms with Gasteiger partial charge in [0.15, 0.2) is 4.80 Å². The van der Waals surface area contributed by atoms with Gasteiger partial charge in [-0.25, -0.2) is 4.99 Å². The first-order valence-electron chi connectivity index (χ1n) is 8.77. The number of benzene rings is 3. The second-order valence-corrected chi connectivity index (χ2v) is 7.07. The van der Waals surface area contributed by atoms with Crippen molar-refractivity contribution in [2.45, 2.75) is 6.54 Å². The van der Waals surface area contributed by atoms with Gasteiger partial charge in [0.1, 0.15) is 0 Å². The first-order chi connectivity index (χ1) is 13.7. The lowest BCUT2D eigenvalue weighted by molar-refractivity contribution is -0.384. The summed E-state index contributed by atoms with van der Waals surface area (Å²) in [6, 6.07) is 26.6. The average molecular weight is 387 g/mol. The predicted molar refractivity (Wildman–Crippen MR) is 112 cm³/mol. The minimum Gasteiger partial charge on any atom is -0.312 e. The smallest absolute Gasteiger partial charge is 0.270 e. The van der Waals surface area contributed by atoms with Crippen molar-refractivity contribution in [3.05, 3.63) is 111 Å². The fourth-order valence-corrected chi connectivity index (χ4v) is 3.89. The molecule has 5 nitrogen and oxygen atoms in total. The third-order valence-electron chi connectivity index (χ3n) is 4.31. The zero-order valence-corrected chi connectivity index (χ0v) is 15.8. The molecule has 0 N–H and O–H groups in total. The largest absolute Gasteiger partial charge is 0.312 e. The monoisotopic (exact) mass is 387 g/mol. The van der Waals surface area contributed by atoms with Crippen LogP contribution >= 0.6 is 11.3 Å². The van der Waals surface area contributed by atoms with Crippen LogP contribution in [0.4, 0.5) is 11.4 Å². The number of para-hydroxylation sites is 1. The molecule has 0 saturated carbocycles. The molecule has 4 aromatic rings. The summed E-state index contributed by atoms with van der Waals surface area (Å²) < 4.78 is 2.10. The zero-order chi connectivity index (χ0) is 19.3. The van der Waals surface area contributed by atoms with E-state index in [1.165, 1.54) is 17.4 Å². The molecule has 0 spiro atoms. The fraction of sp³-hybridized carbons (Fsp3) is 0.0455. The molecule has 1 aromatic heterocycles. The molecule has 28 heavy (non-hydrogen) atoms. The molecule has 0 unspecified atom stereocenters. The Morgan fingerprint density at radius 2 is 1.64 bits per heavy atom. The second kappa shape index (κ2) is 8.02. The molecule has 0 aliphatic rings. The fourth-order valence-electron chi connectivity index (χ4n) is 2.96. The summed E-state index contributed by atoms with van der Waals surface area (Å²) in [5.74, 6) is 0. The highest BCUT2D eigenvalue weighted by Crippen LogP contribution is 2.25. The minimum atomic E-state index is -0.368. The molecule has 4 rings (SSSR count). The molecule has 138 valence electrons. The highest BCUT2D eigenvalue weighted by atomic mass is 32.1. The number of nitro groups is 1. The first kappa shape index (κ1) is 17.9. The lowest BCUT2D eigenvalue weighted by Gasteiger charge is -2.09. The van der Waals surface area contributed by atoms with Gasteiger partial charge in [0.2, 0.25) is 0 Å². The highest BCUT2D eigenvalue weighted by molar-refractivity contribution is 7.07. The van der Waals surface area contributed by atoms with Crippen molar-refractivity contribution in [3.63, 3.8) is 0 Å². The first-order valence-corrected chi connectivity index (χ1v) is 9.65. The number of hydrogen-bond donors (Lipinski definition) is 0. The Morgan fingerprint density at radius 3 is 2.36 bits per heavy atom. The Balaban J connectivity index is 1.86. The van der Waals surface area contributed by atoms with Crippen molar-refractivity contribution in [3.8, 4) is 11.3 Å². The van der Waals surface area contributed by atoms with Crippen molar-refractivity contribution >= 4 is 22.7 Å². The van der Waals surface area contributed by atoms with Crippen LogP contribution in [0.1, 0.15) is 5.56 Å². The number of hydrogen-bond acceptors (Lipinski definition) is 4. The van der Waals surface area contributed by atoms with Crippen LogP contribution in [0.3, 0.4) is 0 Å². The van der Waals surface area contributed by atoms with E-state index in [2.05, 4.69) is 16.7 Å². The van der Waals surface area contributed by atoms with Crippen molar-refractivity contribution in [1.29, 1.82) is 0 Å². The summed E-state index contributed by atoms with van der Waals surface area (Å²) >= 11 is 1.53. The van der Waals surface area contributed by atoms with Gasteiger partial charge in [-0.3, -0.25) is 10.1 Å². The van der Waals surface area contributed by atoms with Gasteiger partial charge in [0.05, 0.1) is 22.8 Å². The van der Waals surface area contributed by atoms with Crippen molar-refractivity contribution in [1.82, 2.24) is 4.57 Å². The lowest BCUT2D eigenvalue weighted by atomic mass is 10.1. The van der Waals surface area contributed by atoms with E-state index in [0.717, 1.165) is 27.3 Å². The van der Waals surface area contributed by atoms with E-state index in [0.29, 0.717) is 6.54 Å². The van der Waals surface area contributed by atoms with Gasteiger partial charge in [-0.05, 0) is 17.7 Å². The third-order valence-corrected chi connectivity index (χ3v) is 5.18. The number of rotatable bonds is 5. The number of thiazole rings is 1. The molecule has 0 aliphatic carbocycles. The number of nitrogens with zero attached hydrogens (tertiary/aromatic N) is 3. The van der Waals surface area contributed by atoms with Crippen molar-refractivity contribution in [2.75, 3.05) is 0 Å². The molecular weight excluding hydrogens is 370 g/mol. The second-order valence-electron chi connectivity index (χ2n) is 6.23. The summed E-state index contributed by atoms with van der Waals surface area (Å²) in [4.78, 5) is 16.5. The summed E-state index contributed by atoms with van der Waals surface area (Å²) in [6.07, 6.45) is 0. The molecule has 0 atom stereocenters. The Labute approximate surface area is 166 Å². The van der Waals surface area contributed by atoms with Crippen LogP contribution in [-0.4, -0.2) is 9.49 Å². The number of non-ortho nitro benzene ring substituents is 1. The molecule has 1 heterocycles. The van der Waals surface area contributed by atoms with Crippen molar-refractivity contribution in [2.24, 2.45) is 4.99 Å². The van der Waals surface area contributed by atoms with Crippen LogP contribution < -0.4 is 4.80 Å². The normalized spacial score (nSPS) is 11.5. The van der Waals surface area contributed by atoms with E-state index < -0.39 is 0 Å². The van der Waals surface area contributed by atoms with Crippen LogP contribution in [0.2, 0.25) is 0 Å². The Morgan fingerprint density at radius 1 is 0.929 bits per heavy atom. The van der Waals surface area contributed by atoms with Gasteiger partial charge in [-0.15, -0.1) is 11.3 Å². The van der Waals surface area contributed by atoms with Gasteiger partial charge < -0.3 is 4.57 Å². The Kier molecular flexibility index (Phi) is 5.12. The Bertz CT molecular complexity index is 1170. The van der Waals surface area contributed by atoms with E-state index in [9.17, 15) is 10.1 Å². The van der Waals surface area contributed by atoms with Crippen LogP contribution in [-0.2, 0) is 6.54 Å². The summed E-state index contributed by atoms with van der Waals surface area (Å²) in [6.45, 7) is 0.633. The molecule has 0 bridgehead atoms. The van der Waals surface area contributed by atoms with E-state index >= 15 is 0 Å². The maximum atomic E-state index is 11.2. The van der Waals surface area contributed by atoms with Gasteiger partial charge >= 0.3 is 0 Å². The lowest BCUT2D eigenvalue weighted by Crippen LogP contribution is -2.16. The molecule has 0 aliphatic heterocycles. The minimum absolute atomic E-state index is 0.0801. The van der Waals surface area contributed by atoms with Gasteiger partial charge in [-0.1, -0.05) is 60.7 Å². The SMILES string of the molecule is O=[N+]([O-])c1cccc(-c2csc(=Nc3ccccc3)n2Cc2ccccc2)c1. The molecule has 0 saturated heterocycles. The predicted octanol–water partition coefficient (Wildman–Crippen LogP) is 5.41.